The van der Waals surface area contributed by atoms with Gasteiger partial charge in [0, 0.05) is 29.5 Å². The summed E-state index contributed by atoms with van der Waals surface area (Å²) in [5.74, 6) is -0.00510. The smallest absolute Gasteiger partial charge is 0.224 e. The molecule has 0 saturated carbocycles. The highest BCUT2D eigenvalue weighted by molar-refractivity contribution is 5.89. The number of aryl methyl sites for hydroxylation is 1. The third-order valence-corrected chi connectivity index (χ3v) is 4.31. The molecule has 120 valence electrons. The van der Waals surface area contributed by atoms with E-state index in [4.69, 9.17) is 0 Å². The number of aromatic amines is 1. The molecule has 24 heavy (non-hydrogen) atoms. The number of hydrogen-bond acceptors (Lipinski definition) is 2. The van der Waals surface area contributed by atoms with Gasteiger partial charge < -0.3 is 10.3 Å². The lowest BCUT2D eigenvalue weighted by Gasteiger charge is -2.03. The number of carbonyl (C=O) groups excluding carboxylic acids is 1. The van der Waals surface area contributed by atoms with Crippen LogP contribution >= 0.6 is 0 Å². The highest BCUT2D eigenvalue weighted by Crippen LogP contribution is 2.19. The average molecular weight is 318 g/mol. The van der Waals surface area contributed by atoms with Gasteiger partial charge in [0.25, 0.3) is 0 Å². The Balaban J connectivity index is 1.48. The van der Waals surface area contributed by atoms with Crippen LogP contribution in [-0.4, -0.2) is 20.7 Å². The van der Waals surface area contributed by atoms with E-state index in [1.165, 1.54) is 0 Å². The third-order valence-electron chi connectivity index (χ3n) is 4.31. The van der Waals surface area contributed by atoms with Crippen LogP contribution in [0.5, 0.6) is 0 Å². The number of nitrogens with zero attached hydrogens (tertiary/aromatic N) is 2. The minimum atomic E-state index is -0.00510. The fourth-order valence-electron chi connectivity index (χ4n) is 3.11. The van der Waals surface area contributed by atoms with Crippen molar-refractivity contribution in [2.45, 2.75) is 13.0 Å². The van der Waals surface area contributed by atoms with Crippen molar-refractivity contribution in [3.05, 3.63) is 66.0 Å². The second kappa shape index (κ2) is 5.85. The van der Waals surface area contributed by atoms with E-state index in [-0.39, 0.29) is 5.91 Å². The number of H-pyrrole nitrogens is 1. The molecule has 0 aliphatic carbocycles. The first-order valence-electron chi connectivity index (χ1n) is 7.94. The van der Waals surface area contributed by atoms with Gasteiger partial charge in [-0.1, -0.05) is 36.4 Å². The van der Waals surface area contributed by atoms with Gasteiger partial charge in [0.15, 0.2) is 0 Å². The van der Waals surface area contributed by atoms with Gasteiger partial charge in [0.05, 0.1) is 24.2 Å². The number of nitrogens with one attached hydrogen (secondary N) is 2. The lowest BCUT2D eigenvalue weighted by molar-refractivity contribution is -0.120. The van der Waals surface area contributed by atoms with Crippen molar-refractivity contribution in [1.29, 1.82) is 0 Å². The van der Waals surface area contributed by atoms with Crippen molar-refractivity contribution >= 4 is 27.7 Å². The molecule has 2 aromatic carbocycles. The average Bonchev–Trinajstić information content (AvgIpc) is 3.15. The van der Waals surface area contributed by atoms with E-state index in [9.17, 15) is 4.79 Å². The highest BCUT2D eigenvalue weighted by Gasteiger charge is 2.11. The first kappa shape index (κ1) is 14.5. The molecule has 0 aliphatic rings. The molecule has 0 fully saturated rings. The van der Waals surface area contributed by atoms with Crippen LogP contribution in [0.1, 0.15) is 11.3 Å². The summed E-state index contributed by atoms with van der Waals surface area (Å²) in [4.78, 5) is 15.5. The lowest BCUT2D eigenvalue weighted by atomic mass is 10.1. The lowest BCUT2D eigenvalue weighted by Crippen LogP contribution is -2.24. The number of carbonyl (C=O) groups is 1. The molecular formula is C19H18N4O. The second-order valence-corrected chi connectivity index (χ2v) is 5.90. The van der Waals surface area contributed by atoms with E-state index in [2.05, 4.69) is 15.4 Å². The maximum Gasteiger partial charge on any atom is 0.224 e. The molecule has 4 aromatic rings. The summed E-state index contributed by atoms with van der Waals surface area (Å²) in [6, 6.07) is 16.0. The summed E-state index contributed by atoms with van der Waals surface area (Å²) in [7, 11) is 1.92. The molecule has 0 aliphatic heterocycles. The van der Waals surface area contributed by atoms with Gasteiger partial charge in [0.1, 0.15) is 0 Å². The number of para-hydroxylation sites is 2. The summed E-state index contributed by atoms with van der Waals surface area (Å²) in [5, 5.41) is 9.65. The van der Waals surface area contributed by atoms with Crippen molar-refractivity contribution in [2.75, 3.05) is 0 Å². The van der Waals surface area contributed by atoms with Crippen LogP contribution in [-0.2, 0) is 24.8 Å². The number of benzene rings is 2. The van der Waals surface area contributed by atoms with Crippen LogP contribution in [0.15, 0.2) is 54.7 Å². The first-order valence-corrected chi connectivity index (χ1v) is 7.94. The Kier molecular flexibility index (Phi) is 3.54. The van der Waals surface area contributed by atoms with Gasteiger partial charge in [-0.2, -0.15) is 5.10 Å². The van der Waals surface area contributed by atoms with Gasteiger partial charge in [-0.15, -0.1) is 0 Å². The van der Waals surface area contributed by atoms with Gasteiger partial charge >= 0.3 is 0 Å². The van der Waals surface area contributed by atoms with E-state index in [1.54, 1.807) is 0 Å². The molecule has 4 rings (SSSR count). The zero-order chi connectivity index (χ0) is 16.5. The minimum Gasteiger partial charge on any atom is -0.361 e. The van der Waals surface area contributed by atoms with Gasteiger partial charge in [-0.05, 0) is 17.7 Å². The molecule has 5 heteroatoms. The zero-order valence-corrected chi connectivity index (χ0v) is 13.4. The second-order valence-electron chi connectivity index (χ2n) is 5.90. The predicted octanol–water partition coefficient (Wildman–Crippen LogP) is 2.91. The monoisotopic (exact) mass is 318 g/mol. The number of aromatic nitrogens is 3. The minimum absolute atomic E-state index is 0.00510. The van der Waals surface area contributed by atoms with E-state index < -0.39 is 0 Å². The Morgan fingerprint density at radius 2 is 1.88 bits per heavy atom. The number of hydrogen-bond donors (Lipinski definition) is 2. The molecule has 0 bridgehead atoms. The van der Waals surface area contributed by atoms with Crippen LogP contribution < -0.4 is 5.32 Å². The van der Waals surface area contributed by atoms with Crippen molar-refractivity contribution in [3.8, 4) is 0 Å². The SMILES string of the molecule is Cn1nc(CNC(=O)Cc2c[nH]c3ccccc23)c2ccccc21. The molecule has 0 atom stereocenters. The Morgan fingerprint density at radius 1 is 1.12 bits per heavy atom. The van der Waals surface area contributed by atoms with Crippen LogP contribution in [0, 0.1) is 0 Å². The van der Waals surface area contributed by atoms with Gasteiger partial charge in [0.2, 0.25) is 5.91 Å². The quantitative estimate of drug-likeness (QED) is 0.608. The van der Waals surface area contributed by atoms with Crippen LogP contribution in [0.2, 0.25) is 0 Å². The van der Waals surface area contributed by atoms with E-state index in [1.807, 2.05) is 66.5 Å². The molecular weight excluding hydrogens is 300 g/mol. The Labute approximate surface area is 139 Å². The molecule has 2 heterocycles. The van der Waals surface area contributed by atoms with Crippen LogP contribution in [0.4, 0.5) is 0 Å². The summed E-state index contributed by atoms with van der Waals surface area (Å²) in [6.45, 7) is 0.433. The standard InChI is InChI=1S/C19H18N4O/c1-23-18-9-5-3-7-15(18)17(22-23)12-21-19(24)10-13-11-20-16-8-4-2-6-14(13)16/h2-9,11,20H,10,12H2,1H3,(H,21,24). The Hall–Kier alpha value is -3.08. The topological polar surface area (TPSA) is 62.7 Å². The van der Waals surface area contributed by atoms with Gasteiger partial charge in [-0.25, -0.2) is 0 Å². The highest BCUT2D eigenvalue weighted by atomic mass is 16.1. The molecule has 0 unspecified atom stereocenters. The largest absolute Gasteiger partial charge is 0.361 e. The fourth-order valence-corrected chi connectivity index (χ4v) is 3.11. The Bertz CT molecular complexity index is 1030. The summed E-state index contributed by atoms with van der Waals surface area (Å²) < 4.78 is 1.84. The van der Waals surface area contributed by atoms with E-state index in [0.29, 0.717) is 13.0 Å². The molecule has 1 amide bonds. The molecule has 0 spiro atoms. The molecule has 2 N–H and O–H groups in total. The van der Waals surface area contributed by atoms with Crippen LogP contribution in [0.3, 0.4) is 0 Å². The maximum atomic E-state index is 12.3. The molecule has 2 aromatic heterocycles. The maximum absolute atomic E-state index is 12.3. The van der Waals surface area contributed by atoms with E-state index in [0.717, 1.165) is 33.1 Å². The predicted molar refractivity (Wildman–Crippen MR) is 94.6 cm³/mol. The third kappa shape index (κ3) is 2.54. The number of fused-ring (bicyclic) bond motifs is 2. The summed E-state index contributed by atoms with van der Waals surface area (Å²) in [6.07, 6.45) is 2.26. The van der Waals surface area contributed by atoms with Crippen LogP contribution in [0.25, 0.3) is 21.8 Å². The Morgan fingerprint density at radius 3 is 2.75 bits per heavy atom. The normalized spacial score (nSPS) is 11.2. The van der Waals surface area contributed by atoms with Gasteiger partial charge in [-0.3, -0.25) is 9.48 Å². The fraction of sp³-hybridized carbons (Fsp3) is 0.158. The molecule has 5 nitrogen and oxygen atoms in total. The molecule has 0 radical (unpaired) electrons. The number of rotatable bonds is 4. The summed E-state index contributed by atoms with van der Waals surface area (Å²) >= 11 is 0. The first-order chi connectivity index (χ1) is 11.7. The van der Waals surface area contributed by atoms with Crippen molar-refractivity contribution in [1.82, 2.24) is 20.1 Å². The summed E-state index contributed by atoms with van der Waals surface area (Å²) in [5.41, 5.74) is 4.02. The zero-order valence-electron chi connectivity index (χ0n) is 13.4. The van der Waals surface area contributed by atoms with Crippen molar-refractivity contribution < 1.29 is 4.79 Å². The van der Waals surface area contributed by atoms with Crippen molar-refractivity contribution in [3.63, 3.8) is 0 Å². The van der Waals surface area contributed by atoms with Crippen molar-refractivity contribution in [2.24, 2.45) is 7.05 Å². The molecule has 0 saturated heterocycles. The number of amides is 1. The van der Waals surface area contributed by atoms with E-state index >= 15 is 0 Å².